The second kappa shape index (κ2) is 7.39. The first-order valence-corrected chi connectivity index (χ1v) is 10.1. The Kier molecular flexibility index (Phi) is 5.22. The molecule has 0 amide bonds. The highest BCUT2D eigenvalue weighted by atomic mass is 32.2. The van der Waals surface area contributed by atoms with Gasteiger partial charge in [-0.25, -0.2) is 8.42 Å². The van der Waals surface area contributed by atoms with Gasteiger partial charge in [0.1, 0.15) is 0 Å². The zero-order valence-corrected chi connectivity index (χ0v) is 15.5. The molecule has 1 aromatic heterocycles. The van der Waals surface area contributed by atoms with E-state index < -0.39 is 10.0 Å². The molecule has 6 nitrogen and oxygen atoms in total. The lowest BCUT2D eigenvalue weighted by molar-refractivity contribution is 0.601. The van der Waals surface area contributed by atoms with Gasteiger partial charge in [0.15, 0.2) is 11.6 Å². The first-order valence-electron chi connectivity index (χ1n) is 8.64. The van der Waals surface area contributed by atoms with E-state index in [1.54, 1.807) is 24.3 Å². The average molecular weight is 360 g/mol. The largest absolute Gasteiger partial charge is 0.355 e. The van der Waals surface area contributed by atoms with Crippen molar-refractivity contribution in [2.75, 3.05) is 22.7 Å². The van der Waals surface area contributed by atoms with Crippen LogP contribution in [-0.4, -0.2) is 31.7 Å². The SMILES string of the molecule is Cc1ccc(S(=O)(=O)Nc2ccc(N3CCCCCC3)nn2)cc1C. The molecular weight excluding hydrogens is 336 g/mol. The van der Waals surface area contributed by atoms with Gasteiger partial charge in [0.05, 0.1) is 4.90 Å². The van der Waals surface area contributed by atoms with Crippen molar-refractivity contribution in [2.45, 2.75) is 44.4 Å². The molecule has 0 atom stereocenters. The molecule has 0 radical (unpaired) electrons. The number of hydrogen-bond donors (Lipinski definition) is 1. The molecule has 1 fully saturated rings. The van der Waals surface area contributed by atoms with Crippen molar-refractivity contribution in [2.24, 2.45) is 0 Å². The van der Waals surface area contributed by atoms with Gasteiger partial charge in [0, 0.05) is 13.1 Å². The Morgan fingerprint density at radius 3 is 2.24 bits per heavy atom. The van der Waals surface area contributed by atoms with Crippen LogP contribution in [0.5, 0.6) is 0 Å². The molecule has 1 aliphatic heterocycles. The summed E-state index contributed by atoms with van der Waals surface area (Å²) in [5.41, 5.74) is 1.99. The van der Waals surface area contributed by atoms with Crippen LogP contribution < -0.4 is 9.62 Å². The van der Waals surface area contributed by atoms with Gasteiger partial charge in [0.25, 0.3) is 10.0 Å². The molecule has 0 aliphatic carbocycles. The summed E-state index contributed by atoms with van der Waals surface area (Å²) in [6.45, 7) is 5.79. The van der Waals surface area contributed by atoms with E-state index in [0.717, 1.165) is 42.9 Å². The van der Waals surface area contributed by atoms with E-state index in [0.29, 0.717) is 0 Å². The van der Waals surface area contributed by atoms with Gasteiger partial charge in [-0.05, 0) is 62.1 Å². The summed E-state index contributed by atoms with van der Waals surface area (Å²) in [6.07, 6.45) is 4.81. The van der Waals surface area contributed by atoms with E-state index in [1.165, 1.54) is 12.8 Å². The number of anilines is 2. The average Bonchev–Trinajstić information content (AvgIpc) is 2.87. The minimum absolute atomic E-state index is 0.231. The summed E-state index contributed by atoms with van der Waals surface area (Å²) < 4.78 is 27.5. The van der Waals surface area contributed by atoms with Crippen LogP contribution in [0.4, 0.5) is 11.6 Å². The zero-order valence-electron chi connectivity index (χ0n) is 14.7. The second-order valence-electron chi connectivity index (χ2n) is 6.53. The van der Waals surface area contributed by atoms with E-state index in [2.05, 4.69) is 19.8 Å². The van der Waals surface area contributed by atoms with Crippen molar-refractivity contribution in [3.05, 3.63) is 41.5 Å². The minimum Gasteiger partial charge on any atom is -0.355 e. The van der Waals surface area contributed by atoms with E-state index in [-0.39, 0.29) is 10.7 Å². The van der Waals surface area contributed by atoms with Gasteiger partial charge < -0.3 is 4.90 Å². The highest BCUT2D eigenvalue weighted by molar-refractivity contribution is 7.92. The quantitative estimate of drug-likeness (QED) is 0.906. The third-order valence-electron chi connectivity index (χ3n) is 4.61. The third-order valence-corrected chi connectivity index (χ3v) is 5.96. The highest BCUT2D eigenvalue weighted by Gasteiger charge is 2.17. The zero-order chi connectivity index (χ0) is 17.9. The van der Waals surface area contributed by atoms with Crippen molar-refractivity contribution >= 4 is 21.7 Å². The van der Waals surface area contributed by atoms with Crippen LogP contribution in [0.2, 0.25) is 0 Å². The third kappa shape index (κ3) is 4.28. The van der Waals surface area contributed by atoms with Crippen molar-refractivity contribution < 1.29 is 8.42 Å². The Bertz CT molecular complexity index is 827. The van der Waals surface area contributed by atoms with Gasteiger partial charge in [-0.1, -0.05) is 18.9 Å². The smallest absolute Gasteiger partial charge is 0.263 e. The normalized spacial score (nSPS) is 15.7. The molecule has 0 saturated carbocycles. The van der Waals surface area contributed by atoms with Gasteiger partial charge in [-0.2, -0.15) is 0 Å². The Morgan fingerprint density at radius 1 is 0.920 bits per heavy atom. The molecule has 2 aromatic rings. The molecule has 134 valence electrons. The lowest BCUT2D eigenvalue weighted by Gasteiger charge is -2.20. The topological polar surface area (TPSA) is 75.2 Å². The van der Waals surface area contributed by atoms with Crippen molar-refractivity contribution in [1.29, 1.82) is 0 Å². The number of rotatable bonds is 4. The summed E-state index contributed by atoms with van der Waals surface area (Å²) in [6, 6.07) is 8.57. The molecule has 0 bridgehead atoms. The van der Waals surface area contributed by atoms with Crippen molar-refractivity contribution in [1.82, 2.24) is 10.2 Å². The summed E-state index contributed by atoms with van der Waals surface area (Å²) in [5, 5.41) is 8.26. The Balaban J connectivity index is 1.74. The van der Waals surface area contributed by atoms with E-state index >= 15 is 0 Å². The van der Waals surface area contributed by atoms with Gasteiger partial charge in [-0.15, -0.1) is 10.2 Å². The molecule has 1 saturated heterocycles. The number of aromatic nitrogens is 2. The molecule has 2 heterocycles. The van der Waals surface area contributed by atoms with Gasteiger partial charge >= 0.3 is 0 Å². The number of nitrogens with zero attached hydrogens (tertiary/aromatic N) is 3. The lowest BCUT2D eigenvalue weighted by Crippen LogP contribution is -2.25. The summed E-state index contributed by atoms with van der Waals surface area (Å²) in [7, 11) is -3.66. The molecule has 1 aliphatic rings. The van der Waals surface area contributed by atoms with E-state index in [9.17, 15) is 8.42 Å². The number of hydrogen-bond acceptors (Lipinski definition) is 5. The maximum Gasteiger partial charge on any atom is 0.263 e. The van der Waals surface area contributed by atoms with Crippen LogP contribution in [0.15, 0.2) is 35.2 Å². The molecule has 7 heteroatoms. The molecule has 1 N–H and O–H groups in total. The predicted octanol–water partition coefficient (Wildman–Crippen LogP) is 3.27. The Labute approximate surface area is 149 Å². The van der Waals surface area contributed by atoms with Gasteiger partial charge in [-0.3, -0.25) is 4.72 Å². The van der Waals surface area contributed by atoms with Crippen molar-refractivity contribution in [3.63, 3.8) is 0 Å². The monoisotopic (exact) mass is 360 g/mol. The molecule has 25 heavy (non-hydrogen) atoms. The highest BCUT2D eigenvalue weighted by Crippen LogP contribution is 2.20. The fourth-order valence-corrected chi connectivity index (χ4v) is 4.01. The molecular formula is C18H24N4O2S. The molecule has 3 rings (SSSR count). The number of aryl methyl sites for hydroxylation is 2. The number of benzene rings is 1. The van der Waals surface area contributed by atoms with E-state index in [4.69, 9.17) is 0 Å². The standard InChI is InChI=1S/C18H24N4O2S/c1-14-7-8-16(13-15(14)2)25(23,24)21-17-9-10-18(20-19-17)22-11-5-3-4-6-12-22/h7-10,13H,3-6,11-12H2,1-2H3,(H,19,21). The van der Waals surface area contributed by atoms with Crippen LogP contribution in [-0.2, 0) is 10.0 Å². The molecule has 0 spiro atoms. The predicted molar refractivity (Wildman–Crippen MR) is 99.4 cm³/mol. The maximum atomic E-state index is 12.5. The maximum absolute atomic E-state index is 12.5. The summed E-state index contributed by atoms with van der Waals surface area (Å²) in [4.78, 5) is 2.44. The van der Waals surface area contributed by atoms with Crippen LogP contribution in [0.25, 0.3) is 0 Å². The van der Waals surface area contributed by atoms with Crippen LogP contribution in [0.3, 0.4) is 0 Å². The van der Waals surface area contributed by atoms with Gasteiger partial charge in [0.2, 0.25) is 0 Å². The molecule has 1 aromatic carbocycles. The van der Waals surface area contributed by atoms with Crippen LogP contribution >= 0.6 is 0 Å². The minimum atomic E-state index is -3.66. The number of nitrogens with one attached hydrogen (secondary N) is 1. The van der Waals surface area contributed by atoms with Crippen molar-refractivity contribution in [3.8, 4) is 0 Å². The summed E-state index contributed by atoms with van der Waals surface area (Å²) >= 11 is 0. The fourth-order valence-electron chi connectivity index (χ4n) is 2.93. The van der Waals surface area contributed by atoms with Crippen LogP contribution in [0, 0.1) is 13.8 Å². The first-order chi connectivity index (χ1) is 12.0. The lowest BCUT2D eigenvalue weighted by atomic mass is 10.1. The Morgan fingerprint density at radius 2 is 1.64 bits per heavy atom. The summed E-state index contributed by atoms with van der Waals surface area (Å²) in [5.74, 6) is 1.04. The molecule has 0 unspecified atom stereocenters. The first kappa shape index (κ1) is 17.7. The van der Waals surface area contributed by atoms with E-state index in [1.807, 2.05) is 19.9 Å². The van der Waals surface area contributed by atoms with Crippen LogP contribution in [0.1, 0.15) is 36.8 Å². The Hall–Kier alpha value is -2.15. The second-order valence-corrected chi connectivity index (χ2v) is 8.21. The fraction of sp³-hybridized carbons (Fsp3) is 0.444. The number of sulfonamides is 1.